The van der Waals surface area contributed by atoms with Crippen molar-refractivity contribution in [3.63, 3.8) is 0 Å². The van der Waals surface area contributed by atoms with E-state index in [4.69, 9.17) is 4.74 Å². The van der Waals surface area contributed by atoms with Gasteiger partial charge in [0.25, 0.3) is 0 Å². The van der Waals surface area contributed by atoms with Crippen LogP contribution in [0.25, 0.3) is 0 Å². The highest BCUT2D eigenvalue weighted by atomic mass is 32.2. The van der Waals surface area contributed by atoms with Gasteiger partial charge < -0.3 is 4.74 Å². The van der Waals surface area contributed by atoms with E-state index in [9.17, 15) is 4.79 Å². The van der Waals surface area contributed by atoms with Crippen molar-refractivity contribution in [1.29, 1.82) is 0 Å². The predicted octanol–water partition coefficient (Wildman–Crippen LogP) is 5.26. The van der Waals surface area contributed by atoms with Crippen molar-refractivity contribution in [3.05, 3.63) is 0 Å². The molecule has 3 atom stereocenters. The number of ether oxygens (including phenoxy) is 1. The summed E-state index contributed by atoms with van der Waals surface area (Å²) in [6.07, 6.45) is 6.07. The van der Waals surface area contributed by atoms with E-state index in [0.29, 0.717) is 11.8 Å². The van der Waals surface area contributed by atoms with Crippen molar-refractivity contribution in [2.45, 2.75) is 77.6 Å². The summed E-state index contributed by atoms with van der Waals surface area (Å²) in [6, 6.07) is 0. The quantitative estimate of drug-likeness (QED) is 0.655. The first kappa shape index (κ1) is 15.9. The second-order valence-corrected chi connectivity index (χ2v) is 8.22. The minimum atomic E-state index is -0.0947. The number of thioether (sulfide) groups is 1. The van der Waals surface area contributed by atoms with E-state index in [2.05, 4.69) is 13.8 Å². The van der Waals surface area contributed by atoms with Crippen molar-refractivity contribution >= 4 is 17.1 Å². The molecule has 0 amide bonds. The minimum Gasteiger partial charge on any atom is -0.454 e. The van der Waals surface area contributed by atoms with Crippen LogP contribution in [0.3, 0.4) is 0 Å². The maximum atomic E-state index is 11.9. The normalized spacial score (nSPS) is 26.7. The van der Waals surface area contributed by atoms with Crippen LogP contribution in [-0.2, 0) is 4.74 Å². The molecule has 0 bridgehead atoms. The molecule has 0 N–H and O–H groups in total. The maximum Gasteiger partial charge on any atom is 0.368 e. The summed E-state index contributed by atoms with van der Waals surface area (Å²) in [5, 5.41) is -0.0947. The van der Waals surface area contributed by atoms with E-state index in [1.807, 2.05) is 20.8 Å². The molecule has 1 saturated carbocycles. The number of carbonyl (C=O) groups is 1. The van der Waals surface area contributed by atoms with Crippen LogP contribution in [0.15, 0.2) is 0 Å². The zero-order chi connectivity index (χ0) is 13.8. The smallest absolute Gasteiger partial charge is 0.368 e. The van der Waals surface area contributed by atoms with Gasteiger partial charge in [-0.25, -0.2) is 4.79 Å². The molecule has 0 radical (unpaired) electrons. The van der Waals surface area contributed by atoms with Crippen LogP contribution in [-0.4, -0.2) is 16.2 Å². The third-order valence-corrected chi connectivity index (χ3v) is 4.64. The van der Waals surface area contributed by atoms with Crippen molar-refractivity contribution < 1.29 is 9.53 Å². The lowest BCUT2D eigenvalue weighted by Crippen LogP contribution is -2.33. The molecule has 0 heterocycles. The standard InChI is InChI=1S/C15H28O2S/c1-6-11(2)12-9-7-8-10-13(12)17-14(16)18-15(3,4)5/h11-13H,6-10H2,1-5H3. The van der Waals surface area contributed by atoms with Gasteiger partial charge in [-0.1, -0.05) is 47.5 Å². The van der Waals surface area contributed by atoms with Gasteiger partial charge in [0.05, 0.1) is 0 Å². The summed E-state index contributed by atoms with van der Waals surface area (Å²) >= 11 is 1.31. The maximum absolute atomic E-state index is 11.9. The van der Waals surface area contributed by atoms with Gasteiger partial charge >= 0.3 is 5.30 Å². The summed E-state index contributed by atoms with van der Waals surface area (Å²) < 4.78 is 5.67. The monoisotopic (exact) mass is 272 g/mol. The molecular weight excluding hydrogens is 244 g/mol. The summed E-state index contributed by atoms with van der Waals surface area (Å²) in [4.78, 5) is 11.9. The van der Waals surface area contributed by atoms with Crippen LogP contribution in [0.4, 0.5) is 4.79 Å². The second-order valence-electron chi connectivity index (χ2n) is 6.45. The Bertz CT molecular complexity index is 270. The Morgan fingerprint density at radius 1 is 1.33 bits per heavy atom. The molecule has 0 saturated heterocycles. The first-order chi connectivity index (χ1) is 8.33. The number of carbonyl (C=O) groups excluding carboxylic acids is 1. The Hall–Kier alpha value is -0.180. The number of hydrogen-bond acceptors (Lipinski definition) is 3. The first-order valence-electron chi connectivity index (χ1n) is 7.23. The zero-order valence-corrected chi connectivity index (χ0v) is 13.3. The Morgan fingerprint density at radius 3 is 2.50 bits per heavy atom. The van der Waals surface area contributed by atoms with E-state index in [0.717, 1.165) is 6.42 Å². The van der Waals surface area contributed by atoms with Gasteiger partial charge in [0.1, 0.15) is 6.10 Å². The van der Waals surface area contributed by atoms with Crippen LogP contribution < -0.4 is 0 Å². The molecule has 3 heteroatoms. The second kappa shape index (κ2) is 6.83. The van der Waals surface area contributed by atoms with Crippen molar-refractivity contribution in [2.24, 2.45) is 11.8 Å². The van der Waals surface area contributed by atoms with E-state index in [1.54, 1.807) is 0 Å². The molecule has 1 aliphatic carbocycles. The first-order valence-corrected chi connectivity index (χ1v) is 8.04. The molecule has 0 aliphatic heterocycles. The van der Waals surface area contributed by atoms with Crippen molar-refractivity contribution in [2.75, 3.05) is 0 Å². The third kappa shape index (κ3) is 5.21. The number of hydrogen-bond donors (Lipinski definition) is 0. The SMILES string of the molecule is CCC(C)C1CCCCC1OC(=O)SC(C)(C)C. The molecule has 0 aromatic carbocycles. The molecule has 0 aromatic heterocycles. The Morgan fingerprint density at radius 2 is 1.94 bits per heavy atom. The lowest BCUT2D eigenvalue weighted by Gasteiger charge is -2.35. The van der Waals surface area contributed by atoms with Crippen LogP contribution in [0.1, 0.15) is 66.7 Å². The fourth-order valence-corrected chi connectivity index (χ4v) is 3.29. The van der Waals surface area contributed by atoms with E-state index < -0.39 is 0 Å². The highest BCUT2D eigenvalue weighted by molar-refractivity contribution is 8.14. The fourth-order valence-electron chi connectivity index (χ4n) is 2.62. The fraction of sp³-hybridized carbons (Fsp3) is 0.933. The highest BCUT2D eigenvalue weighted by Gasteiger charge is 2.32. The molecule has 106 valence electrons. The Labute approximate surface area is 116 Å². The Balaban J connectivity index is 2.54. The van der Waals surface area contributed by atoms with Crippen molar-refractivity contribution in [1.82, 2.24) is 0 Å². The zero-order valence-electron chi connectivity index (χ0n) is 12.5. The van der Waals surface area contributed by atoms with Gasteiger partial charge in [0.15, 0.2) is 0 Å². The summed E-state index contributed by atoms with van der Waals surface area (Å²) in [7, 11) is 0. The minimum absolute atomic E-state index is 0.0579. The van der Waals surface area contributed by atoms with Gasteiger partial charge in [0.2, 0.25) is 0 Å². The lowest BCUT2D eigenvalue weighted by atomic mass is 9.77. The largest absolute Gasteiger partial charge is 0.454 e. The van der Waals surface area contributed by atoms with Gasteiger partial charge in [-0.2, -0.15) is 0 Å². The van der Waals surface area contributed by atoms with E-state index >= 15 is 0 Å². The average molecular weight is 272 g/mol. The highest BCUT2D eigenvalue weighted by Crippen LogP contribution is 2.35. The van der Waals surface area contributed by atoms with Crippen LogP contribution in [0, 0.1) is 11.8 Å². The van der Waals surface area contributed by atoms with Crippen LogP contribution in [0.5, 0.6) is 0 Å². The van der Waals surface area contributed by atoms with Gasteiger partial charge in [-0.05, 0) is 42.9 Å². The summed E-state index contributed by atoms with van der Waals surface area (Å²) in [5.74, 6) is 1.22. The van der Waals surface area contributed by atoms with Crippen LogP contribution >= 0.6 is 11.8 Å². The van der Waals surface area contributed by atoms with Gasteiger partial charge in [-0.15, -0.1) is 0 Å². The Kier molecular flexibility index (Phi) is 6.03. The molecule has 0 spiro atoms. The molecule has 1 rings (SSSR count). The predicted molar refractivity (Wildman–Crippen MR) is 79.0 cm³/mol. The molecule has 2 nitrogen and oxygen atoms in total. The number of rotatable bonds is 3. The van der Waals surface area contributed by atoms with Crippen LogP contribution in [0.2, 0.25) is 0 Å². The summed E-state index contributed by atoms with van der Waals surface area (Å²) in [6.45, 7) is 10.7. The lowest BCUT2D eigenvalue weighted by molar-refractivity contribution is 0.0300. The molecule has 3 unspecified atom stereocenters. The van der Waals surface area contributed by atoms with E-state index in [-0.39, 0.29) is 16.2 Å². The third-order valence-electron chi connectivity index (χ3n) is 3.77. The average Bonchev–Trinajstić information content (AvgIpc) is 2.26. The molecular formula is C15H28O2S. The molecule has 1 aliphatic rings. The molecule has 1 fully saturated rings. The van der Waals surface area contributed by atoms with E-state index in [1.165, 1.54) is 37.4 Å². The van der Waals surface area contributed by atoms with Gasteiger partial charge in [-0.3, -0.25) is 0 Å². The van der Waals surface area contributed by atoms with Crippen molar-refractivity contribution in [3.8, 4) is 0 Å². The topological polar surface area (TPSA) is 26.3 Å². The molecule has 18 heavy (non-hydrogen) atoms. The molecule has 0 aromatic rings. The summed E-state index contributed by atoms with van der Waals surface area (Å²) in [5.41, 5.74) is 0. The van der Waals surface area contributed by atoms with Gasteiger partial charge in [0, 0.05) is 4.75 Å².